The minimum Gasteiger partial charge on any atom is -0.441 e. The molecule has 3 aromatic rings. The monoisotopic (exact) mass is 379 g/mol. The van der Waals surface area contributed by atoms with E-state index in [0.717, 1.165) is 30.9 Å². The van der Waals surface area contributed by atoms with Crippen molar-refractivity contribution in [2.24, 2.45) is 0 Å². The summed E-state index contributed by atoms with van der Waals surface area (Å²) >= 11 is 0. The number of para-hydroxylation sites is 1. The molecular formula is C22H25N3O3. The minimum atomic E-state index is -0.0795. The number of furan rings is 1. The van der Waals surface area contributed by atoms with E-state index in [0.29, 0.717) is 31.1 Å². The number of nitrogens with one attached hydrogen (secondary N) is 2. The Bertz CT molecular complexity index is 980. The fraction of sp³-hybridized carbons (Fsp3) is 0.318. The van der Waals surface area contributed by atoms with Gasteiger partial charge in [-0.25, -0.2) is 0 Å². The number of carbonyl (C=O) groups excluding carboxylic acids is 1. The van der Waals surface area contributed by atoms with Crippen LogP contribution in [0.1, 0.15) is 18.2 Å². The quantitative estimate of drug-likeness (QED) is 0.645. The first-order valence-electron chi connectivity index (χ1n) is 9.65. The van der Waals surface area contributed by atoms with E-state index in [1.54, 1.807) is 13.0 Å². The van der Waals surface area contributed by atoms with Crippen molar-refractivity contribution in [2.45, 2.75) is 13.3 Å². The summed E-state index contributed by atoms with van der Waals surface area (Å²) in [5.74, 6) is 1.43. The SMILES string of the molecule is CC(=Cc1ccc(N2CCOCC2)o1)C(=O)NCCc1c[nH]c2ccccc12. The first-order chi connectivity index (χ1) is 13.7. The average molecular weight is 379 g/mol. The van der Waals surface area contributed by atoms with Gasteiger partial charge < -0.3 is 24.4 Å². The Morgan fingerprint density at radius 2 is 2.04 bits per heavy atom. The number of carbonyl (C=O) groups is 1. The number of rotatable bonds is 6. The average Bonchev–Trinajstić information content (AvgIpc) is 3.36. The van der Waals surface area contributed by atoms with E-state index < -0.39 is 0 Å². The van der Waals surface area contributed by atoms with E-state index in [1.165, 1.54) is 10.9 Å². The van der Waals surface area contributed by atoms with Gasteiger partial charge in [-0.2, -0.15) is 0 Å². The van der Waals surface area contributed by atoms with Crippen molar-refractivity contribution in [2.75, 3.05) is 37.7 Å². The zero-order valence-electron chi connectivity index (χ0n) is 16.0. The Morgan fingerprint density at radius 1 is 1.21 bits per heavy atom. The highest BCUT2D eigenvalue weighted by Crippen LogP contribution is 2.21. The van der Waals surface area contributed by atoms with Crippen molar-refractivity contribution >= 4 is 28.8 Å². The highest BCUT2D eigenvalue weighted by molar-refractivity contribution is 5.97. The maximum absolute atomic E-state index is 12.4. The Labute approximate surface area is 164 Å². The van der Waals surface area contributed by atoms with Crippen molar-refractivity contribution in [1.82, 2.24) is 10.3 Å². The molecule has 146 valence electrons. The second kappa shape index (κ2) is 8.35. The molecule has 2 N–H and O–H groups in total. The van der Waals surface area contributed by atoms with Gasteiger partial charge in [-0.3, -0.25) is 4.79 Å². The van der Waals surface area contributed by atoms with Gasteiger partial charge in [0.15, 0.2) is 5.88 Å². The number of nitrogens with zero attached hydrogens (tertiary/aromatic N) is 1. The smallest absolute Gasteiger partial charge is 0.247 e. The molecule has 28 heavy (non-hydrogen) atoms. The molecule has 1 aromatic carbocycles. The Kier molecular flexibility index (Phi) is 5.48. The van der Waals surface area contributed by atoms with Crippen LogP contribution in [-0.2, 0) is 16.0 Å². The Balaban J connectivity index is 1.32. The van der Waals surface area contributed by atoms with Gasteiger partial charge in [0.25, 0.3) is 0 Å². The summed E-state index contributed by atoms with van der Waals surface area (Å²) in [7, 11) is 0. The van der Waals surface area contributed by atoms with Crippen LogP contribution in [-0.4, -0.2) is 43.7 Å². The summed E-state index contributed by atoms with van der Waals surface area (Å²) in [5.41, 5.74) is 2.95. The molecule has 0 bridgehead atoms. The predicted octanol–water partition coefficient (Wildman–Crippen LogP) is 3.36. The van der Waals surface area contributed by atoms with Crippen molar-refractivity contribution in [3.05, 3.63) is 59.5 Å². The second-order valence-corrected chi connectivity index (χ2v) is 6.97. The van der Waals surface area contributed by atoms with Gasteiger partial charge in [0.1, 0.15) is 5.76 Å². The largest absolute Gasteiger partial charge is 0.441 e. The van der Waals surface area contributed by atoms with Gasteiger partial charge in [0, 0.05) is 48.4 Å². The first kappa shape index (κ1) is 18.4. The van der Waals surface area contributed by atoms with Crippen LogP contribution < -0.4 is 10.2 Å². The number of benzene rings is 1. The van der Waals surface area contributed by atoms with Crippen molar-refractivity contribution < 1.29 is 13.9 Å². The summed E-state index contributed by atoms with van der Waals surface area (Å²) in [6.45, 7) is 5.46. The third-order valence-corrected chi connectivity index (χ3v) is 5.01. The lowest BCUT2D eigenvalue weighted by molar-refractivity contribution is -0.117. The number of hydrogen-bond donors (Lipinski definition) is 2. The highest BCUT2D eigenvalue weighted by Gasteiger charge is 2.14. The summed E-state index contributed by atoms with van der Waals surface area (Å²) in [5, 5.41) is 4.19. The summed E-state index contributed by atoms with van der Waals surface area (Å²) in [6.07, 6.45) is 4.57. The number of aromatic amines is 1. The Morgan fingerprint density at radius 3 is 2.89 bits per heavy atom. The number of amides is 1. The number of hydrogen-bond acceptors (Lipinski definition) is 4. The molecule has 0 radical (unpaired) electrons. The maximum atomic E-state index is 12.4. The number of fused-ring (bicyclic) bond motifs is 1. The molecular weight excluding hydrogens is 354 g/mol. The summed E-state index contributed by atoms with van der Waals surface area (Å²) in [6, 6.07) is 12.0. The van der Waals surface area contributed by atoms with Crippen LogP contribution in [0.5, 0.6) is 0 Å². The van der Waals surface area contributed by atoms with Gasteiger partial charge in [-0.15, -0.1) is 0 Å². The molecule has 0 unspecified atom stereocenters. The molecule has 0 spiro atoms. The van der Waals surface area contributed by atoms with Crippen LogP contribution in [0.25, 0.3) is 17.0 Å². The molecule has 1 aliphatic rings. The van der Waals surface area contributed by atoms with Crippen LogP contribution in [0.15, 0.2) is 52.6 Å². The van der Waals surface area contributed by atoms with E-state index in [-0.39, 0.29) is 5.91 Å². The van der Waals surface area contributed by atoms with Gasteiger partial charge in [-0.05, 0) is 37.1 Å². The van der Waals surface area contributed by atoms with E-state index in [4.69, 9.17) is 9.15 Å². The molecule has 4 rings (SSSR count). The first-order valence-corrected chi connectivity index (χ1v) is 9.65. The normalized spacial score (nSPS) is 15.2. The van der Waals surface area contributed by atoms with E-state index in [9.17, 15) is 4.79 Å². The second-order valence-electron chi connectivity index (χ2n) is 6.97. The van der Waals surface area contributed by atoms with Crippen LogP contribution in [0, 0.1) is 0 Å². The highest BCUT2D eigenvalue weighted by atomic mass is 16.5. The predicted molar refractivity (Wildman–Crippen MR) is 110 cm³/mol. The van der Waals surface area contributed by atoms with Crippen molar-refractivity contribution in [3.63, 3.8) is 0 Å². The van der Waals surface area contributed by atoms with Gasteiger partial charge in [-0.1, -0.05) is 18.2 Å². The number of anilines is 1. The van der Waals surface area contributed by atoms with Crippen molar-refractivity contribution in [1.29, 1.82) is 0 Å². The van der Waals surface area contributed by atoms with Crippen LogP contribution >= 0.6 is 0 Å². The van der Waals surface area contributed by atoms with Crippen LogP contribution in [0.4, 0.5) is 5.88 Å². The van der Waals surface area contributed by atoms with E-state index in [2.05, 4.69) is 27.3 Å². The number of H-pyrrole nitrogens is 1. The molecule has 1 fully saturated rings. The molecule has 1 aliphatic heterocycles. The molecule has 6 heteroatoms. The maximum Gasteiger partial charge on any atom is 0.247 e. The number of morpholine rings is 1. The van der Waals surface area contributed by atoms with Gasteiger partial charge in [0.05, 0.1) is 13.2 Å². The lowest BCUT2D eigenvalue weighted by Crippen LogP contribution is -2.35. The van der Waals surface area contributed by atoms with Gasteiger partial charge >= 0.3 is 0 Å². The zero-order valence-corrected chi connectivity index (χ0v) is 16.0. The topological polar surface area (TPSA) is 70.5 Å². The molecule has 6 nitrogen and oxygen atoms in total. The molecule has 1 saturated heterocycles. The molecule has 0 atom stereocenters. The van der Waals surface area contributed by atoms with Crippen LogP contribution in [0.2, 0.25) is 0 Å². The molecule has 2 aromatic heterocycles. The number of ether oxygens (including phenoxy) is 1. The lowest BCUT2D eigenvalue weighted by Gasteiger charge is -2.26. The standard InChI is InChI=1S/C22H25N3O3/c1-16(14-18-6-7-21(28-18)25-10-12-27-13-11-25)22(26)23-9-8-17-15-24-20-5-3-2-4-19(17)20/h2-7,14-15,24H,8-13H2,1H3,(H,23,26). The molecule has 0 saturated carbocycles. The van der Waals surface area contributed by atoms with E-state index >= 15 is 0 Å². The third-order valence-electron chi connectivity index (χ3n) is 5.01. The van der Waals surface area contributed by atoms with Crippen molar-refractivity contribution in [3.8, 4) is 0 Å². The minimum absolute atomic E-state index is 0.0795. The zero-order chi connectivity index (χ0) is 19.3. The fourth-order valence-electron chi connectivity index (χ4n) is 3.44. The fourth-order valence-corrected chi connectivity index (χ4v) is 3.44. The summed E-state index contributed by atoms with van der Waals surface area (Å²) < 4.78 is 11.2. The summed E-state index contributed by atoms with van der Waals surface area (Å²) in [4.78, 5) is 17.8. The lowest BCUT2D eigenvalue weighted by atomic mass is 10.1. The molecule has 3 heterocycles. The van der Waals surface area contributed by atoms with Gasteiger partial charge in [0.2, 0.25) is 5.91 Å². The number of aromatic nitrogens is 1. The van der Waals surface area contributed by atoms with Crippen LogP contribution in [0.3, 0.4) is 0 Å². The Hall–Kier alpha value is -2.99. The molecule has 0 aliphatic carbocycles. The molecule has 1 amide bonds. The third kappa shape index (κ3) is 4.12. The van der Waals surface area contributed by atoms with E-state index in [1.807, 2.05) is 30.5 Å².